The van der Waals surface area contributed by atoms with Crippen LogP contribution >= 0.6 is 11.8 Å². The molecule has 0 radical (unpaired) electrons. The van der Waals surface area contributed by atoms with Gasteiger partial charge in [0.25, 0.3) is 0 Å². The Hall–Kier alpha value is -2.77. The molecule has 2 aromatic carbocycles. The van der Waals surface area contributed by atoms with E-state index in [0.29, 0.717) is 12.3 Å². The van der Waals surface area contributed by atoms with Crippen molar-refractivity contribution in [1.29, 1.82) is 0 Å². The molecule has 31 heavy (non-hydrogen) atoms. The van der Waals surface area contributed by atoms with Gasteiger partial charge in [0.1, 0.15) is 16.6 Å². The van der Waals surface area contributed by atoms with E-state index in [1.54, 1.807) is 7.11 Å². The first kappa shape index (κ1) is 21.5. The number of carbonyl (C=O) groups excluding carboxylic acids is 1. The normalized spacial score (nSPS) is 15.7. The summed E-state index contributed by atoms with van der Waals surface area (Å²) in [6, 6.07) is 16.1. The first-order chi connectivity index (χ1) is 15.1. The van der Waals surface area contributed by atoms with E-state index in [2.05, 4.69) is 41.5 Å². The Kier molecular flexibility index (Phi) is 6.94. The van der Waals surface area contributed by atoms with Crippen molar-refractivity contribution in [2.75, 3.05) is 26.0 Å². The molecule has 2 heterocycles. The van der Waals surface area contributed by atoms with Crippen LogP contribution < -0.4 is 10.1 Å². The van der Waals surface area contributed by atoms with Crippen molar-refractivity contribution in [3.63, 3.8) is 0 Å². The minimum Gasteiger partial charge on any atom is -0.497 e. The average molecular weight is 438 g/mol. The zero-order valence-corrected chi connectivity index (χ0v) is 18.6. The van der Waals surface area contributed by atoms with Crippen molar-refractivity contribution >= 4 is 17.7 Å². The molecule has 1 aromatic heterocycles. The van der Waals surface area contributed by atoms with E-state index in [1.165, 1.54) is 17.3 Å². The zero-order valence-electron chi connectivity index (χ0n) is 17.8. The predicted molar refractivity (Wildman–Crippen MR) is 123 cm³/mol. The molecule has 1 atom stereocenters. The summed E-state index contributed by atoms with van der Waals surface area (Å²) in [6.07, 6.45) is 2.21. The third kappa shape index (κ3) is 5.48. The SMILES string of the molecule is COc1ccc(-c2[nH]c(-c3ccc(C)cc3)nc2SCC(=O)NC[C@H]2CCCO2)cc1. The minimum absolute atomic E-state index is 0.0129. The number of H-pyrrole nitrogens is 1. The molecule has 4 rings (SSSR count). The van der Waals surface area contributed by atoms with E-state index in [1.807, 2.05) is 24.3 Å². The Morgan fingerprint density at radius 1 is 1.19 bits per heavy atom. The Balaban J connectivity index is 1.52. The molecule has 0 spiro atoms. The molecule has 0 saturated carbocycles. The smallest absolute Gasteiger partial charge is 0.230 e. The van der Waals surface area contributed by atoms with Crippen LogP contribution in [0.5, 0.6) is 5.75 Å². The van der Waals surface area contributed by atoms with Gasteiger partial charge in [0.05, 0.1) is 24.7 Å². The highest BCUT2D eigenvalue weighted by Crippen LogP contribution is 2.33. The number of carbonyl (C=O) groups is 1. The summed E-state index contributed by atoms with van der Waals surface area (Å²) in [5, 5.41) is 3.77. The lowest BCUT2D eigenvalue weighted by Gasteiger charge is -2.10. The van der Waals surface area contributed by atoms with Crippen LogP contribution in [0.1, 0.15) is 18.4 Å². The van der Waals surface area contributed by atoms with Gasteiger partial charge in [-0.25, -0.2) is 4.98 Å². The van der Waals surface area contributed by atoms with E-state index in [-0.39, 0.29) is 12.0 Å². The largest absolute Gasteiger partial charge is 0.497 e. The van der Waals surface area contributed by atoms with Crippen molar-refractivity contribution in [3.8, 4) is 28.4 Å². The molecule has 1 saturated heterocycles. The van der Waals surface area contributed by atoms with E-state index in [0.717, 1.165) is 52.9 Å². The van der Waals surface area contributed by atoms with Crippen LogP contribution in [0.3, 0.4) is 0 Å². The second-order valence-corrected chi connectivity index (χ2v) is 8.55. The fourth-order valence-electron chi connectivity index (χ4n) is 3.48. The van der Waals surface area contributed by atoms with E-state index in [4.69, 9.17) is 14.5 Å². The molecular weight excluding hydrogens is 410 g/mol. The van der Waals surface area contributed by atoms with Gasteiger partial charge in [-0.05, 0) is 44.0 Å². The Bertz CT molecular complexity index is 1010. The van der Waals surface area contributed by atoms with Gasteiger partial charge in [0.15, 0.2) is 0 Å². The maximum absolute atomic E-state index is 12.4. The summed E-state index contributed by atoms with van der Waals surface area (Å²) in [5.74, 6) is 1.87. The molecule has 162 valence electrons. The van der Waals surface area contributed by atoms with Crippen molar-refractivity contribution < 1.29 is 14.3 Å². The molecule has 1 aliphatic heterocycles. The number of aromatic nitrogens is 2. The van der Waals surface area contributed by atoms with Crippen LogP contribution in [0.25, 0.3) is 22.6 Å². The van der Waals surface area contributed by atoms with Gasteiger partial charge in [-0.2, -0.15) is 0 Å². The lowest BCUT2D eigenvalue weighted by molar-refractivity contribution is -0.119. The van der Waals surface area contributed by atoms with Gasteiger partial charge < -0.3 is 19.8 Å². The van der Waals surface area contributed by atoms with Gasteiger partial charge in [-0.1, -0.05) is 41.6 Å². The van der Waals surface area contributed by atoms with Crippen molar-refractivity contribution in [3.05, 3.63) is 54.1 Å². The summed E-state index contributed by atoms with van der Waals surface area (Å²) >= 11 is 1.43. The standard InChI is InChI=1S/C24H27N3O3S/c1-16-5-7-18(8-6-16)23-26-22(17-9-11-19(29-2)12-10-17)24(27-23)31-15-21(28)25-14-20-4-3-13-30-20/h5-12,20H,3-4,13-15H2,1-2H3,(H,25,28)(H,26,27)/t20-/m1/s1. The molecule has 0 aliphatic carbocycles. The number of hydrogen-bond acceptors (Lipinski definition) is 5. The average Bonchev–Trinajstić information content (AvgIpc) is 3.47. The monoisotopic (exact) mass is 437 g/mol. The Morgan fingerprint density at radius 2 is 1.94 bits per heavy atom. The summed E-state index contributed by atoms with van der Waals surface area (Å²) in [6.45, 7) is 3.42. The third-order valence-corrected chi connectivity index (χ3v) is 6.24. The number of hydrogen-bond donors (Lipinski definition) is 2. The number of nitrogens with zero attached hydrogens (tertiary/aromatic N) is 1. The molecule has 6 nitrogen and oxygen atoms in total. The van der Waals surface area contributed by atoms with Crippen LogP contribution in [0, 0.1) is 6.92 Å². The van der Waals surface area contributed by atoms with Crippen LogP contribution in [-0.2, 0) is 9.53 Å². The van der Waals surface area contributed by atoms with Crippen LogP contribution in [0.4, 0.5) is 0 Å². The highest BCUT2D eigenvalue weighted by atomic mass is 32.2. The summed E-state index contributed by atoms with van der Waals surface area (Å²) in [4.78, 5) is 20.6. The van der Waals surface area contributed by atoms with Gasteiger partial charge in [0, 0.05) is 24.3 Å². The second kappa shape index (κ2) is 10.0. The number of nitrogens with one attached hydrogen (secondary N) is 2. The van der Waals surface area contributed by atoms with E-state index >= 15 is 0 Å². The number of ether oxygens (including phenoxy) is 2. The van der Waals surface area contributed by atoms with Gasteiger partial charge in [0.2, 0.25) is 5.91 Å². The molecule has 1 fully saturated rings. The number of methoxy groups -OCH3 is 1. The Labute approximate surface area is 186 Å². The molecule has 3 aromatic rings. The van der Waals surface area contributed by atoms with Crippen molar-refractivity contribution in [1.82, 2.24) is 15.3 Å². The van der Waals surface area contributed by atoms with Crippen LogP contribution in [0.15, 0.2) is 53.6 Å². The maximum Gasteiger partial charge on any atom is 0.230 e. The maximum atomic E-state index is 12.4. The van der Waals surface area contributed by atoms with Gasteiger partial charge >= 0.3 is 0 Å². The third-order valence-electron chi connectivity index (χ3n) is 5.27. The number of benzene rings is 2. The quantitative estimate of drug-likeness (QED) is 0.509. The number of amides is 1. The predicted octanol–water partition coefficient (Wildman–Crippen LogP) is 4.45. The molecule has 2 N–H and O–H groups in total. The lowest BCUT2D eigenvalue weighted by atomic mass is 10.1. The molecule has 1 amide bonds. The highest BCUT2D eigenvalue weighted by molar-refractivity contribution is 8.00. The molecule has 0 unspecified atom stereocenters. The van der Waals surface area contributed by atoms with E-state index in [9.17, 15) is 4.79 Å². The molecule has 1 aliphatic rings. The number of aryl methyl sites for hydroxylation is 1. The summed E-state index contributed by atoms with van der Waals surface area (Å²) < 4.78 is 10.8. The van der Waals surface area contributed by atoms with Crippen LogP contribution in [0.2, 0.25) is 0 Å². The fourth-order valence-corrected chi connectivity index (χ4v) is 4.32. The summed E-state index contributed by atoms with van der Waals surface area (Å²) in [7, 11) is 1.65. The highest BCUT2D eigenvalue weighted by Gasteiger charge is 2.18. The number of rotatable bonds is 8. The van der Waals surface area contributed by atoms with Crippen LogP contribution in [-0.4, -0.2) is 48.0 Å². The topological polar surface area (TPSA) is 76.2 Å². The first-order valence-electron chi connectivity index (χ1n) is 10.4. The zero-order chi connectivity index (χ0) is 21.6. The number of aromatic amines is 1. The van der Waals surface area contributed by atoms with Gasteiger partial charge in [-0.15, -0.1) is 0 Å². The van der Waals surface area contributed by atoms with E-state index < -0.39 is 0 Å². The summed E-state index contributed by atoms with van der Waals surface area (Å²) in [5.41, 5.74) is 4.10. The van der Waals surface area contributed by atoms with Gasteiger partial charge in [-0.3, -0.25) is 4.79 Å². The molecular formula is C24H27N3O3S. The second-order valence-electron chi connectivity index (χ2n) is 7.59. The molecule has 0 bridgehead atoms. The fraction of sp³-hybridized carbons (Fsp3) is 0.333. The van der Waals surface area contributed by atoms with Crippen molar-refractivity contribution in [2.24, 2.45) is 0 Å². The number of imidazole rings is 1. The first-order valence-corrected chi connectivity index (χ1v) is 11.4. The Morgan fingerprint density at radius 3 is 2.61 bits per heavy atom. The van der Waals surface area contributed by atoms with Crippen molar-refractivity contribution in [2.45, 2.75) is 30.9 Å². The molecule has 7 heteroatoms. The lowest BCUT2D eigenvalue weighted by Crippen LogP contribution is -2.32. The minimum atomic E-state index is -0.0129. The number of thioether (sulfide) groups is 1.